The summed E-state index contributed by atoms with van der Waals surface area (Å²) >= 11 is 1.46. The molecule has 4 aromatic rings. The number of para-hydroxylation sites is 1. The van der Waals surface area contributed by atoms with Crippen LogP contribution in [0.1, 0.15) is 33.6 Å². The van der Waals surface area contributed by atoms with Crippen LogP contribution in [0.25, 0.3) is 10.9 Å². The Morgan fingerprint density at radius 3 is 2.47 bits per heavy atom. The number of hydrogen-bond donors (Lipinski definition) is 1. The third kappa shape index (κ3) is 4.20. The number of rotatable bonds is 5. The molecule has 0 unspecified atom stereocenters. The molecular weight excluding hydrogens is 444 g/mol. The van der Waals surface area contributed by atoms with E-state index in [0.717, 1.165) is 34.2 Å². The number of nitriles is 1. The van der Waals surface area contributed by atoms with Gasteiger partial charge in [-0.2, -0.15) is 5.26 Å². The summed E-state index contributed by atoms with van der Waals surface area (Å²) in [4.78, 5) is 28.7. The molecule has 7 heteroatoms. The summed E-state index contributed by atoms with van der Waals surface area (Å²) < 4.78 is 1.68. The van der Waals surface area contributed by atoms with E-state index in [4.69, 9.17) is 0 Å². The van der Waals surface area contributed by atoms with E-state index in [9.17, 15) is 14.9 Å². The molecule has 1 aliphatic heterocycles. The maximum atomic E-state index is 13.4. The van der Waals surface area contributed by atoms with Crippen LogP contribution in [0.3, 0.4) is 0 Å². The van der Waals surface area contributed by atoms with Gasteiger partial charge in [0.15, 0.2) is 0 Å². The van der Waals surface area contributed by atoms with Crippen molar-refractivity contribution >= 4 is 33.8 Å². The molecule has 1 aliphatic rings. The number of piperidine rings is 1. The quantitative estimate of drug-likeness (QED) is 0.461. The van der Waals surface area contributed by atoms with E-state index in [2.05, 4.69) is 11.4 Å². The maximum absolute atomic E-state index is 13.4. The third-order valence-electron chi connectivity index (χ3n) is 6.33. The van der Waals surface area contributed by atoms with Crippen LogP contribution in [0.2, 0.25) is 0 Å². The van der Waals surface area contributed by atoms with E-state index in [0.29, 0.717) is 25.3 Å². The van der Waals surface area contributed by atoms with Gasteiger partial charge in [0.2, 0.25) is 0 Å². The van der Waals surface area contributed by atoms with Crippen LogP contribution in [0.5, 0.6) is 0 Å². The first-order valence-electron chi connectivity index (χ1n) is 11.3. The minimum absolute atomic E-state index is 0.0696. The number of fused-ring (bicyclic) bond motifs is 1. The molecule has 1 N–H and O–H groups in total. The number of thiophene rings is 1. The third-order valence-corrected chi connectivity index (χ3v) is 7.19. The fraction of sp³-hybridized carbons (Fsp3) is 0.222. The van der Waals surface area contributed by atoms with Crippen LogP contribution < -0.4 is 10.9 Å². The molecule has 34 heavy (non-hydrogen) atoms. The Balaban J connectivity index is 1.43. The van der Waals surface area contributed by atoms with Crippen LogP contribution in [-0.2, 0) is 6.54 Å². The highest BCUT2D eigenvalue weighted by Gasteiger charge is 2.26. The number of aromatic nitrogens is 1. The van der Waals surface area contributed by atoms with Gasteiger partial charge in [0.1, 0.15) is 11.6 Å². The second-order valence-corrected chi connectivity index (χ2v) is 9.39. The number of anilines is 1. The summed E-state index contributed by atoms with van der Waals surface area (Å²) in [5, 5.41) is 16.2. The number of carbonyl (C=O) groups excluding carboxylic acids is 1. The highest BCUT2D eigenvalue weighted by molar-refractivity contribution is 7.12. The van der Waals surface area contributed by atoms with Gasteiger partial charge >= 0.3 is 0 Å². The van der Waals surface area contributed by atoms with Gasteiger partial charge in [-0.15, -0.1) is 11.3 Å². The summed E-state index contributed by atoms with van der Waals surface area (Å²) in [6.45, 7) is 1.68. The van der Waals surface area contributed by atoms with Crippen molar-refractivity contribution in [3.8, 4) is 6.07 Å². The smallest absolute Gasteiger partial charge is 0.271 e. The van der Waals surface area contributed by atoms with Gasteiger partial charge in [0.25, 0.3) is 11.5 Å². The van der Waals surface area contributed by atoms with E-state index in [-0.39, 0.29) is 23.1 Å². The summed E-state index contributed by atoms with van der Waals surface area (Å²) in [6, 6.07) is 23.5. The summed E-state index contributed by atoms with van der Waals surface area (Å²) in [5.41, 5.74) is 2.23. The molecule has 5 rings (SSSR count). The number of pyridine rings is 1. The normalized spacial score (nSPS) is 14.1. The average Bonchev–Trinajstić information content (AvgIpc) is 3.42. The zero-order valence-electron chi connectivity index (χ0n) is 18.6. The summed E-state index contributed by atoms with van der Waals surface area (Å²) in [6.07, 6.45) is 1.51. The maximum Gasteiger partial charge on any atom is 0.271 e. The monoisotopic (exact) mass is 468 g/mol. The number of amides is 1. The zero-order chi connectivity index (χ0) is 23.5. The highest BCUT2D eigenvalue weighted by atomic mass is 32.1. The lowest BCUT2D eigenvalue weighted by Crippen LogP contribution is -2.42. The Hall–Kier alpha value is -3.89. The van der Waals surface area contributed by atoms with Crippen LogP contribution in [0, 0.1) is 11.3 Å². The van der Waals surface area contributed by atoms with Crippen LogP contribution >= 0.6 is 11.3 Å². The van der Waals surface area contributed by atoms with Crippen molar-refractivity contribution in [3.05, 3.63) is 98.5 Å². The SMILES string of the molecule is N#Cc1c(NC2CCN(C(=O)c3cccs3)CC2)c2ccccc2n(Cc2ccccc2)c1=O. The molecule has 0 radical (unpaired) electrons. The molecule has 6 nitrogen and oxygen atoms in total. The number of hydrogen-bond acceptors (Lipinski definition) is 5. The first-order chi connectivity index (χ1) is 16.7. The largest absolute Gasteiger partial charge is 0.380 e. The molecule has 0 atom stereocenters. The van der Waals surface area contributed by atoms with Crippen LogP contribution in [0.4, 0.5) is 5.69 Å². The van der Waals surface area contributed by atoms with Crippen molar-refractivity contribution in [2.45, 2.75) is 25.4 Å². The molecule has 0 bridgehead atoms. The van der Waals surface area contributed by atoms with Crippen molar-refractivity contribution in [2.24, 2.45) is 0 Å². The van der Waals surface area contributed by atoms with Gasteiger partial charge in [-0.3, -0.25) is 9.59 Å². The topological polar surface area (TPSA) is 78.1 Å². The standard InChI is InChI=1S/C27H24N4O2S/c28-17-22-25(29-20-12-14-30(15-13-20)27(33)24-11-6-16-34-24)21-9-4-5-10-23(21)31(26(22)32)18-19-7-2-1-3-8-19/h1-11,16,20,29H,12-15,18H2. The zero-order valence-corrected chi connectivity index (χ0v) is 19.4. The van der Waals surface area contributed by atoms with Gasteiger partial charge in [-0.25, -0.2) is 0 Å². The minimum Gasteiger partial charge on any atom is -0.380 e. The molecule has 0 aliphatic carbocycles. The van der Waals surface area contributed by atoms with Gasteiger partial charge in [-0.05, 0) is 35.9 Å². The Bertz CT molecular complexity index is 1410. The van der Waals surface area contributed by atoms with Gasteiger partial charge in [0, 0.05) is 24.5 Å². The number of carbonyl (C=O) groups is 1. The first-order valence-corrected chi connectivity index (χ1v) is 12.2. The fourth-order valence-electron chi connectivity index (χ4n) is 4.57. The lowest BCUT2D eigenvalue weighted by molar-refractivity contribution is 0.0723. The van der Waals surface area contributed by atoms with Crippen molar-refractivity contribution < 1.29 is 4.79 Å². The molecule has 2 aromatic carbocycles. The molecule has 1 amide bonds. The summed E-state index contributed by atoms with van der Waals surface area (Å²) in [5.74, 6) is 0.0696. The highest BCUT2D eigenvalue weighted by Crippen LogP contribution is 2.28. The lowest BCUT2D eigenvalue weighted by atomic mass is 10.0. The average molecular weight is 469 g/mol. The van der Waals surface area contributed by atoms with Gasteiger partial charge < -0.3 is 14.8 Å². The van der Waals surface area contributed by atoms with Crippen LogP contribution in [0.15, 0.2) is 76.9 Å². The molecular formula is C27H24N4O2S. The minimum atomic E-state index is -0.294. The van der Waals surface area contributed by atoms with Crippen molar-refractivity contribution in [2.75, 3.05) is 18.4 Å². The van der Waals surface area contributed by atoms with Crippen molar-refractivity contribution in [1.29, 1.82) is 5.26 Å². The fourth-order valence-corrected chi connectivity index (χ4v) is 5.26. The van der Waals surface area contributed by atoms with Crippen LogP contribution in [-0.4, -0.2) is 34.5 Å². The molecule has 2 aromatic heterocycles. The Kier molecular flexibility index (Phi) is 6.15. The second kappa shape index (κ2) is 9.54. The number of nitrogens with one attached hydrogen (secondary N) is 1. The van der Waals surface area contributed by atoms with Crippen molar-refractivity contribution in [1.82, 2.24) is 9.47 Å². The molecule has 0 spiro atoms. The molecule has 3 heterocycles. The van der Waals surface area contributed by atoms with Gasteiger partial charge in [0.05, 0.1) is 22.6 Å². The predicted octanol–water partition coefficient (Wildman–Crippen LogP) is 4.70. The Morgan fingerprint density at radius 2 is 1.76 bits per heavy atom. The summed E-state index contributed by atoms with van der Waals surface area (Å²) in [7, 11) is 0. The Morgan fingerprint density at radius 1 is 1.03 bits per heavy atom. The van der Waals surface area contributed by atoms with Gasteiger partial charge in [-0.1, -0.05) is 54.6 Å². The second-order valence-electron chi connectivity index (χ2n) is 8.44. The van der Waals surface area contributed by atoms with Crippen molar-refractivity contribution in [3.63, 3.8) is 0 Å². The number of likely N-dealkylation sites (tertiary alicyclic amines) is 1. The van der Waals surface area contributed by atoms with E-state index in [1.54, 1.807) is 4.57 Å². The molecule has 1 fully saturated rings. The molecule has 170 valence electrons. The van der Waals surface area contributed by atoms with E-state index in [1.165, 1.54) is 11.3 Å². The number of benzene rings is 2. The van der Waals surface area contributed by atoms with E-state index < -0.39 is 0 Å². The van der Waals surface area contributed by atoms with E-state index in [1.807, 2.05) is 77.0 Å². The van der Waals surface area contributed by atoms with E-state index >= 15 is 0 Å². The Labute approximate surface area is 201 Å². The number of nitrogens with zero attached hydrogens (tertiary/aromatic N) is 3. The molecule has 1 saturated heterocycles. The predicted molar refractivity (Wildman–Crippen MR) is 135 cm³/mol. The lowest BCUT2D eigenvalue weighted by Gasteiger charge is -2.33. The molecule has 0 saturated carbocycles. The first kappa shape index (κ1) is 21.9.